The predicted molar refractivity (Wildman–Crippen MR) is 101 cm³/mol. The molecule has 146 valence electrons. The second-order valence-corrected chi connectivity index (χ2v) is 8.56. The molecule has 1 heterocycles. The Morgan fingerprint density at radius 1 is 1.31 bits per heavy atom. The summed E-state index contributed by atoms with van der Waals surface area (Å²) in [7, 11) is -2.15. The van der Waals surface area contributed by atoms with E-state index >= 15 is 0 Å². The summed E-state index contributed by atoms with van der Waals surface area (Å²) < 4.78 is 31.8. The zero-order valence-corrected chi connectivity index (χ0v) is 16.5. The van der Waals surface area contributed by atoms with Gasteiger partial charge in [-0.15, -0.1) is 0 Å². The molecule has 1 aliphatic rings. The lowest BCUT2D eigenvalue weighted by molar-refractivity contribution is 0.0900. The van der Waals surface area contributed by atoms with Crippen LogP contribution in [0.5, 0.6) is 0 Å². The van der Waals surface area contributed by atoms with Crippen LogP contribution >= 0.6 is 0 Å². The highest BCUT2D eigenvalue weighted by Gasteiger charge is 2.23. The van der Waals surface area contributed by atoms with Gasteiger partial charge in [0.05, 0.1) is 11.5 Å². The van der Waals surface area contributed by atoms with E-state index in [0.717, 1.165) is 25.9 Å². The third-order valence-corrected chi connectivity index (χ3v) is 6.06. The fourth-order valence-corrected chi connectivity index (χ4v) is 4.05. The van der Waals surface area contributed by atoms with Crippen LogP contribution in [-0.2, 0) is 14.8 Å². The number of hydrogen-bond donors (Lipinski definition) is 2. The van der Waals surface area contributed by atoms with Gasteiger partial charge in [-0.1, -0.05) is 6.07 Å². The summed E-state index contributed by atoms with van der Waals surface area (Å²) in [5, 5.41) is 3.02. The van der Waals surface area contributed by atoms with Crippen LogP contribution in [0.1, 0.15) is 37.0 Å². The first kappa shape index (κ1) is 20.8. The van der Waals surface area contributed by atoms with Crippen molar-refractivity contribution < 1.29 is 17.9 Å². The molecule has 7 nitrogen and oxygen atoms in total. The first-order valence-electron chi connectivity index (χ1n) is 8.97. The lowest BCUT2D eigenvalue weighted by atomic mass is 10.0. The molecule has 1 aliphatic heterocycles. The Hall–Kier alpha value is -1.48. The summed E-state index contributed by atoms with van der Waals surface area (Å²) in [6, 6.07) is 6.74. The molecule has 0 atom stereocenters. The molecule has 1 aromatic carbocycles. The van der Waals surface area contributed by atoms with Crippen molar-refractivity contribution in [2.24, 2.45) is 0 Å². The maximum atomic E-state index is 12.5. The van der Waals surface area contributed by atoms with E-state index in [-0.39, 0.29) is 30.0 Å². The van der Waals surface area contributed by atoms with E-state index in [2.05, 4.69) is 28.8 Å². The van der Waals surface area contributed by atoms with Crippen molar-refractivity contribution in [3.05, 3.63) is 29.8 Å². The number of carbonyl (C=O) groups is 1. The minimum absolute atomic E-state index is 0.0795. The highest BCUT2D eigenvalue weighted by Crippen LogP contribution is 2.15. The van der Waals surface area contributed by atoms with E-state index < -0.39 is 10.0 Å². The van der Waals surface area contributed by atoms with E-state index in [1.54, 1.807) is 12.1 Å². The summed E-state index contributed by atoms with van der Waals surface area (Å²) in [5.74, 6) is -0.234. The lowest BCUT2D eigenvalue weighted by Gasteiger charge is -2.34. The van der Waals surface area contributed by atoms with Crippen molar-refractivity contribution >= 4 is 15.9 Å². The van der Waals surface area contributed by atoms with Gasteiger partial charge in [0.25, 0.3) is 5.91 Å². The number of nitrogens with zero attached hydrogens (tertiary/aromatic N) is 1. The Morgan fingerprint density at radius 2 is 2.00 bits per heavy atom. The summed E-state index contributed by atoms with van der Waals surface area (Å²) in [4.78, 5) is 15.0. The Morgan fingerprint density at radius 3 is 2.62 bits per heavy atom. The average Bonchev–Trinajstić information content (AvgIpc) is 2.62. The van der Waals surface area contributed by atoms with E-state index in [1.807, 2.05) is 0 Å². The molecular weight excluding hydrogens is 354 g/mol. The normalized spacial score (nSPS) is 16.8. The highest BCUT2D eigenvalue weighted by atomic mass is 32.2. The first-order valence-corrected chi connectivity index (χ1v) is 10.5. The van der Waals surface area contributed by atoms with Gasteiger partial charge in [0.2, 0.25) is 10.0 Å². The molecular formula is C18H29N3O4S. The predicted octanol–water partition coefficient (Wildman–Crippen LogP) is 1.21. The molecule has 0 saturated carbocycles. The second kappa shape index (κ2) is 9.45. The van der Waals surface area contributed by atoms with Crippen LogP contribution in [0.25, 0.3) is 0 Å². The molecule has 2 N–H and O–H groups in total. The number of piperidine rings is 1. The van der Waals surface area contributed by atoms with E-state index in [0.29, 0.717) is 11.6 Å². The van der Waals surface area contributed by atoms with Gasteiger partial charge in [0.15, 0.2) is 0 Å². The fraction of sp³-hybridized carbons (Fsp3) is 0.611. The molecule has 0 aliphatic carbocycles. The van der Waals surface area contributed by atoms with Crippen LogP contribution in [0, 0.1) is 0 Å². The zero-order chi connectivity index (χ0) is 19.2. The number of nitrogens with one attached hydrogen (secondary N) is 2. The Kier molecular flexibility index (Phi) is 7.57. The maximum absolute atomic E-state index is 12.5. The number of amides is 1. The average molecular weight is 384 g/mol. The van der Waals surface area contributed by atoms with Crippen LogP contribution in [0.3, 0.4) is 0 Å². The molecule has 1 fully saturated rings. The number of likely N-dealkylation sites (tertiary alicyclic amines) is 1. The van der Waals surface area contributed by atoms with Gasteiger partial charge in [-0.3, -0.25) is 4.79 Å². The number of rotatable bonds is 8. The Balaban J connectivity index is 1.98. The minimum atomic E-state index is -3.66. The van der Waals surface area contributed by atoms with Gasteiger partial charge in [-0.25, -0.2) is 13.1 Å². The van der Waals surface area contributed by atoms with Gasteiger partial charge in [0, 0.05) is 44.4 Å². The number of carbonyl (C=O) groups excluding carboxylic acids is 1. The van der Waals surface area contributed by atoms with Crippen molar-refractivity contribution in [2.75, 3.05) is 33.4 Å². The first-order chi connectivity index (χ1) is 12.3. The maximum Gasteiger partial charge on any atom is 0.251 e. The largest absolute Gasteiger partial charge is 0.383 e. The number of methoxy groups -OCH3 is 1. The standard InChI is InChI=1S/C18H29N3O4S/c1-14(2)21-10-7-16(8-11-21)20-18(22)15-5-4-6-17(13-15)26(23,24)19-9-12-25-3/h4-6,13-14,16,19H,7-12H2,1-3H3,(H,20,22). The fourth-order valence-electron chi connectivity index (χ4n) is 2.99. The molecule has 0 bridgehead atoms. The lowest BCUT2D eigenvalue weighted by Crippen LogP contribution is -2.46. The summed E-state index contributed by atoms with van der Waals surface area (Å²) in [5.41, 5.74) is 0.353. The number of hydrogen-bond acceptors (Lipinski definition) is 5. The minimum Gasteiger partial charge on any atom is -0.383 e. The van der Waals surface area contributed by atoms with Gasteiger partial charge in [-0.05, 0) is 44.9 Å². The molecule has 0 unspecified atom stereocenters. The van der Waals surface area contributed by atoms with Crippen LogP contribution in [-0.4, -0.2) is 64.7 Å². The van der Waals surface area contributed by atoms with Crippen molar-refractivity contribution in [1.82, 2.24) is 14.9 Å². The molecule has 26 heavy (non-hydrogen) atoms. The van der Waals surface area contributed by atoms with Crippen LogP contribution in [0.4, 0.5) is 0 Å². The Labute approximate surface area is 156 Å². The van der Waals surface area contributed by atoms with E-state index in [1.165, 1.54) is 19.2 Å². The zero-order valence-electron chi connectivity index (χ0n) is 15.7. The summed E-state index contributed by atoms with van der Waals surface area (Å²) in [6.07, 6.45) is 1.81. The van der Waals surface area contributed by atoms with Crippen molar-refractivity contribution in [2.45, 2.75) is 43.7 Å². The molecule has 0 aromatic heterocycles. The van der Waals surface area contributed by atoms with Crippen LogP contribution < -0.4 is 10.0 Å². The monoisotopic (exact) mass is 383 g/mol. The molecule has 0 spiro atoms. The number of ether oxygens (including phenoxy) is 1. The van der Waals surface area contributed by atoms with Gasteiger partial charge >= 0.3 is 0 Å². The number of sulfonamides is 1. The molecule has 1 aromatic rings. The van der Waals surface area contributed by atoms with Gasteiger partial charge < -0.3 is 15.0 Å². The molecule has 8 heteroatoms. The molecule has 2 rings (SSSR count). The molecule has 1 amide bonds. The van der Waals surface area contributed by atoms with Crippen molar-refractivity contribution in [3.8, 4) is 0 Å². The molecule has 0 radical (unpaired) electrons. The second-order valence-electron chi connectivity index (χ2n) is 6.80. The van der Waals surface area contributed by atoms with Gasteiger partial charge in [-0.2, -0.15) is 0 Å². The quantitative estimate of drug-likeness (QED) is 0.659. The SMILES string of the molecule is COCCNS(=O)(=O)c1cccc(C(=O)NC2CCN(C(C)C)CC2)c1. The third kappa shape index (κ3) is 5.77. The number of benzene rings is 1. The summed E-state index contributed by atoms with van der Waals surface area (Å²) in [6.45, 7) is 6.73. The topological polar surface area (TPSA) is 87.7 Å². The molecule has 1 saturated heterocycles. The van der Waals surface area contributed by atoms with Crippen molar-refractivity contribution in [3.63, 3.8) is 0 Å². The van der Waals surface area contributed by atoms with E-state index in [9.17, 15) is 13.2 Å². The summed E-state index contributed by atoms with van der Waals surface area (Å²) >= 11 is 0. The van der Waals surface area contributed by atoms with Crippen LogP contribution in [0.2, 0.25) is 0 Å². The van der Waals surface area contributed by atoms with E-state index in [4.69, 9.17) is 4.74 Å². The van der Waals surface area contributed by atoms with Crippen LogP contribution in [0.15, 0.2) is 29.2 Å². The van der Waals surface area contributed by atoms with Gasteiger partial charge in [0.1, 0.15) is 0 Å². The Bertz CT molecular complexity index is 698. The van der Waals surface area contributed by atoms with Crippen molar-refractivity contribution in [1.29, 1.82) is 0 Å². The smallest absolute Gasteiger partial charge is 0.251 e. The third-order valence-electron chi connectivity index (χ3n) is 4.60. The highest BCUT2D eigenvalue weighted by molar-refractivity contribution is 7.89.